The van der Waals surface area contributed by atoms with Crippen molar-refractivity contribution in [3.8, 4) is 5.75 Å². The van der Waals surface area contributed by atoms with Crippen LogP contribution in [-0.2, 0) is 7.05 Å². The van der Waals surface area contributed by atoms with Crippen molar-refractivity contribution in [2.24, 2.45) is 13.0 Å². The molecule has 7 heteroatoms. The Kier molecular flexibility index (Phi) is 4.50. The molecule has 1 amide bonds. The fourth-order valence-electron chi connectivity index (χ4n) is 2.86. The topological polar surface area (TPSA) is 87.5 Å². The highest BCUT2D eigenvalue weighted by molar-refractivity contribution is 5.96. The number of carbonyl (C=O) groups is 1. The Morgan fingerprint density at radius 3 is 2.96 bits per heavy atom. The highest BCUT2D eigenvalue weighted by atomic mass is 16.3. The predicted octanol–water partition coefficient (Wildman–Crippen LogP) is 0.742. The van der Waals surface area contributed by atoms with E-state index in [1.165, 1.54) is 10.7 Å². The molecule has 0 bridgehead atoms. The smallest absolute Gasteiger partial charge is 0.268 e. The van der Waals surface area contributed by atoms with Crippen LogP contribution in [0.5, 0.6) is 5.75 Å². The fourth-order valence-corrected chi connectivity index (χ4v) is 2.86. The molecule has 1 fully saturated rings. The molecule has 1 aromatic carbocycles. The summed E-state index contributed by atoms with van der Waals surface area (Å²) in [6, 6.07) is 8.07. The van der Waals surface area contributed by atoms with Gasteiger partial charge in [-0.05, 0) is 24.5 Å². The summed E-state index contributed by atoms with van der Waals surface area (Å²) >= 11 is 0. The van der Waals surface area contributed by atoms with Crippen molar-refractivity contribution in [2.45, 2.75) is 6.42 Å². The van der Waals surface area contributed by atoms with Crippen molar-refractivity contribution in [2.75, 3.05) is 24.5 Å². The molecule has 2 aromatic rings. The maximum atomic E-state index is 12.1. The molecule has 2 heterocycles. The molecule has 3 rings (SSSR count). The van der Waals surface area contributed by atoms with E-state index in [1.54, 1.807) is 37.5 Å². The number of aryl methyl sites for hydroxylation is 1. The Hall–Kier alpha value is -2.83. The molecule has 7 nitrogen and oxygen atoms in total. The van der Waals surface area contributed by atoms with E-state index in [2.05, 4.69) is 15.3 Å². The third-order valence-electron chi connectivity index (χ3n) is 4.30. The maximum absolute atomic E-state index is 12.1. The monoisotopic (exact) mass is 328 g/mol. The highest BCUT2D eigenvalue weighted by Crippen LogP contribution is 2.22. The van der Waals surface area contributed by atoms with Crippen molar-refractivity contribution in [1.29, 1.82) is 0 Å². The van der Waals surface area contributed by atoms with E-state index in [4.69, 9.17) is 0 Å². The predicted molar refractivity (Wildman–Crippen MR) is 90.2 cm³/mol. The minimum Gasteiger partial charge on any atom is -0.507 e. The van der Waals surface area contributed by atoms with Crippen LogP contribution in [0.1, 0.15) is 16.8 Å². The van der Waals surface area contributed by atoms with Gasteiger partial charge in [0.15, 0.2) is 0 Å². The molecule has 24 heavy (non-hydrogen) atoms. The van der Waals surface area contributed by atoms with Gasteiger partial charge in [0.2, 0.25) is 0 Å². The molecule has 0 saturated carbocycles. The lowest BCUT2D eigenvalue weighted by atomic mass is 10.1. The molecule has 1 aliphatic rings. The van der Waals surface area contributed by atoms with Crippen molar-refractivity contribution < 1.29 is 9.90 Å². The number of rotatable bonds is 4. The normalized spacial score (nSPS) is 17.0. The van der Waals surface area contributed by atoms with E-state index in [0.29, 0.717) is 12.5 Å². The number of amides is 1. The fraction of sp³-hybridized carbons (Fsp3) is 0.353. The lowest BCUT2D eigenvalue weighted by Gasteiger charge is -2.18. The molecule has 1 saturated heterocycles. The quantitative estimate of drug-likeness (QED) is 0.864. The number of benzene rings is 1. The zero-order chi connectivity index (χ0) is 17.1. The first kappa shape index (κ1) is 16.0. The van der Waals surface area contributed by atoms with E-state index in [-0.39, 0.29) is 22.8 Å². The van der Waals surface area contributed by atoms with Crippen LogP contribution >= 0.6 is 0 Å². The van der Waals surface area contributed by atoms with Crippen LogP contribution in [0.3, 0.4) is 0 Å². The summed E-state index contributed by atoms with van der Waals surface area (Å²) in [4.78, 5) is 25.9. The maximum Gasteiger partial charge on any atom is 0.268 e. The Morgan fingerprint density at radius 1 is 1.42 bits per heavy atom. The third-order valence-corrected chi connectivity index (χ3v) is 4.30. The Bertz CT molecular complexity index is 802. The van der Waals surface area contributed by atoms with E-state index < -0.39 is 0 Å². The minimum absolute atomic E-state index is 0.0192. The number of nitrogens with one attached hydrogen (secondary N) is 1. The van der Waals surface area contributed by atoms with Gasteiger partial charge in [-0.1, -0.05) is 12.1 Å². The number of aromatic hydroxyl groups is 1. The summed E-state index contributed by atoms with van der Waals surface area (Å²) in [7, 11) is 1.62. The van der Waals surface area contributed by atoms with Crippen molar-refractivity contribution in [3.05, 3.63) is 52.4 Å². The summed E-state index contributed by atoms with van der Waals surface area (Å²) in [6.45, 7) is 2.11. The SMILES string of the molecule is Cn1ncc(N2CCC(CNC(=O)c3ccccc3O)C2)cc1=O. The average Bonchev–Trinajstić information content (AvgIpc) is 3.04. The van der Waals surface area contributed by atoms with Gasteiger partial charge in [0.25, 0.3) is 11.5 Å². The number of hydrogen-bond acceptors (Lipinski definition) is 5. The second kappa shape index (κ2) is 6.74. The van der Waals surface area contributed by atoms with Gasteiger partial charge in [0, 0.05) is 32.7 Å². The van der Waals surface area contributed by atoms with Crippen LogP contribution in [0.2, 0.25) is 0 Å². The second-order valence-corrected chi connectivity index (χ2v) is 6.00. The number of phenols is 1. The first-order valence-electron chi connectivity index (χ1n) is 7.89. The van der Waals surface area contributed by atoms with Gasteiger partial charge in [0.05, 0.1) is 17.4 Å². The molecule has 1 aromatic heterocycles. The Morgan fingerprint density at radius 2 is 2.21 bits per heavy atom. The molecule has 1 aliphatic heterocycles. The zero-order valence-electron chi connectivity index (χ0n) is 13.5. The summed E-state index contributed by atoms with van der Waals surface area (Å²) in [6.07, 6.45) is 2.61. The molecule has 126 valence electrons. The number of carbonyl (C=O) groups excluding carboxylic acids is 1. The Balaban J connectivity index is 1.56. The average molecular weight is 328 g/mol. The lowest BCUT2D eigenvalue weighted by molar-refractivity contribution is 0.0945. The second-order valence-electron chi connectivity index (χ2n) is 6.00. The number of phenolic OH excluding ortho intramolecular Hbond substituents is 1. The van der Waals surface area contributed by atoms with Gasteiger partial charge >= 0.3 is 0 Å². The summed E-state index contributed by atoms with van der Waals surface area (Å²) in [5.74, 6) is -0.0000799. The molecular weight excluding hydrogens is 308 g/mol. The number of hydrogen-bond donors (Lipinski definition) is 2. The van der Waals surface area contributed by atoms with Crippen LogP contribution in [0.25, 0.3) is 0 Å². The van der Waals surface area contributed by atoms with Crippen LogP contribution in [-0.4, -0.2) is 40.4 Å². The molecule has 1 atom stereocenters. The molecule has 0 aliphatic carbocycles. The largest absolute Gasteiger partial charge is 0.507 e. The van der Waals surface area contributed by atoms with Crippen molar-refractivity contribution in [1.82, 2.24) is 15.1 Å². The van der Waals surface area contributed by atoms with Gasteiger partial charge in [0.1, 0.15) is 5.75 Å². The van der Waals surface area contributed by atoms with Gasteiger partial charge < -0.3 is 15.3 Å². The zero-order valence-corrected chi connectivity index (χ0v) is 13.5. The number of anilines is 1. The van der Waals surface area contributed by atoms with Crippen LogP contribution in [0, 0.1) is 5.92 Å². The van der Waals surface area contributed by atoms with Gasteiger partial charge in [-0.25, -0.2) is 4.68 Å². The van der Waals surface area contributed by atoms with Crippen molar-refractivity contribution in [3.63, 3.8) is 0 Å². The first-order chi connectivity index (χ1) is 11.5. The van der Waals surface area contributed by atoms with Crippen LogP contribution in [0.4, 0.5) is 5.69 Å². The molecular formula is C17H20N4O3. The van der Waals surface area contributed by atoms with Crippen LogP contribution < -0.4 is 15.8 Å². The summed E-state index contributed by atoms with van der Waals surface area (Å²) < 4.78 is 1.30. The molecule has 2 N–H and O–H groups in total. The number of nitrogens with zero attached hydrogens (tertiary/aromatic N) is 3. The highest BCUT2D eigenvalue weighted by Gasteiger charge is 2.24. The minimum atomic E-state index is -0.276. The summed E-state index contributed by atoms with van der Waals surface area (Å²) in [5, 5.41) is 16.6. The van der Waals surface area contributed by atoms with Gasteiger partial charge in [-0.2, -0.15) is 5.10 Å². The van der Waals surface area contributed by atoms with Crippen LogP contribution in [0.15, 0.2) is 41.3 Å². The molecule has 0 spiro atoms. The summed E-state index contributed by atoms with van der Waals surface area (Å²) in [5.41, 5.74) is 0.958. The molecule has 1 unspecified atom stereocenters. The third kappa shape index (κ3) is 3.40. The number of aromatic nitrogens is 2. The van der Waals surface area contributed by atoms with Gasteiger partial charge in [-0.15, -0.1) is 0 Å². The first-order valence-corrected chi connectivity index (χ1v) is 7.89. The van der Waals surface area contributed by atoms with Gasteiger partial charge in [-0.3, -0.25) is 9.59 Å². The van der Waals surface area contributed by atoms with E-state index >= 15 is 0 Å². The van der Waals surface area contributed by atoms with E-state index in [9.17, 15) is 14.7 Å². The lowest BCUT2D eigenvalue weighted by Crippen LogP contribution is -2.31. The van der Waals surface area contributed by atoms with E-state index in [1.807, 2.05) is 0 Å². The van der Waals surface area contributed by atoms with E-state index in [0.717, 1.165) is 25.2 Å². The van der Waals surface area contributed by atoms with Crippen molar-refractivity contribution >= 4 is 11.6 Å². The number of para-hydroxylation sites is 1. The Labute approximate surface area is 139 Å². The molecule has 0 radical (unpaired) electrons. The standard InChI is InChI=1S/C17H20N4O3/c1-20-16(23)8-13(10-19-20)21-7-6-12(11-21)9-18-17(24)14-4-2-3-5-15(14)22/h2-5,8,10,12,22H,6-7,9,11H2,1H3,(H,18,24).